The van der Waals surface area contributed by atoms with Crippen molar-refractivity contribution >= 4 is 30.7 Å². The van der Waals surface area contributed by atoms with Crippen LogP contribution in [0, 0.1) is 0 Å². The van der Waals surface area contributed by atoms with E-state index in [1.807, 2.05) is 4.90 Å². The fourth-order valence-electron chi connectivity index (χ4n) is 1.71. The lowest BCUT2D eigenvalue weighted by Gasteiger charge is -2.20. The number of halogens is 2. The number of aliphatic hydroxyl groups is 1. The van der Waals surface area contributed by atoms with Crippen LogP contribution in [0.15, 0.2) is 0 Å². The Bertz CT molecular complexity index is 207. The van der Waals surface area contributed by atoms with Crippen molar-refractivity contribution in [3.05, 3.63) is 0 Å². The Labute approximate surface area is 109 Å². The predicted octanol–water partition coefficient (Wildman–Crippen LogP) is -0.640. The number of carbonyl (C=O) groups is 1. The first kappa shape index (κ1) is 18.3. The van der Waals surface area contributed by atoms with Gasteiger partial charge < -0.3 is 16.2 Å². The third-order valence-corrected chi connectivity index (χ3v) is 2.51. The second-order valence-corrected chi connectivity index (χ2v) is 3.85. The van der Waals surface area contributed by atoms with Crippen molar-refractivity contribution in [2.75, 3.05) is 26.7 Å². The third-order valence-electron chi connectivity index (χ3n) is 2.51. The van der Waals surface area contributed by atoms with Crippen molar-refractivity contribution < 1.29 is 9.90 Å². The Balaban J connectivity index is 0. The van der Waals surface area contributed by atoms with E-state index in [1.54, 1.807) is 7.05 Å². The summed E-state index contributed by atoms with van der Waals surface area (Å²) >= 11 is 0. The zero-order valence-electron chi connectivity index (χ0n) is 9.39. The molecule has 1 aliphatic heterocycles. The van der Waals surface area contributed by atoms with Gasteiger partial charge in [-0.25, -0.2) is 0 Å². The van der Waals surface area contributed by atoms with Gasteiger partial charge in [0.25, 0.3) is 0 Å². The lowest BCUT2D eigenvalue weighted by molar-refractivity contribution is -0.121. The molecule has 16 heavy (non-hydrogen) atoms. The highest BCUT2D eigenvalue weighted by atomic mass is 35.5. The fourth-order valence-corrected chi connectivity index (χ4v) is 1.71. The van der Waals surface area contributed by atoms with E-state index in [0.717, 1.165) is 13.0 Å². The molecule has 0 aromatic carbocycles. The number of aliphatic hydroxyl groups excluding tert-OH is 1. The SMILES string of the molecule is CNC(=O)CN1CC[C@H](N)C[C@H](O)C1.Cl.Cl. The van der Waals surface area contributed by atoms with Gasteiger partial charge in [-0.1, -0.05) is 0 Å². The molecule has 4 N–H and O–H groups in total. The molecular weight excluding hydrogens is 253 g/mol. The summed E-state index contributed by atoms with van der Waals surface area (Å²) in [4.78, 5) is 13.1. The quantitative estimate of drug-likeness (QED) is 0.626. The predicted molar refractivity (Wildman–Crippen MR) is 68.2 cm³/mol. The lowest BCUT2D eigenvalue weighted by Crippen LogP contribution is -2.39. The van der Waals surface area contributed by atoms with E-state index in [2.05, 4.69) is 5.32 Å². The van der Waals surface area contributed by atoms with Gasteiger partial charge >= 0.3 is 0 Å². The molecule has 5 nitrogen and oxygen atoms in total. The van der Waals surface area contributed by atoms with Gasteiger partial charge in [0.05, 0.1) is 12.6 Å². The van der Waals surface area contributed by atoms with Crippen LogP contribution in [0.25, 0.3) is 0 Å². The van der Waals surface area contributed by atoms with Crippen LogP contribution >= 0.6 is 24.8 Å². The number of amides is 1. The highest BCUT2D eigenvalue weighted by molar-refractivity contribution is 5.85. The van der Waals surface area contributed by atoms with Gasteiger partial charge in [-0.05, 0) is 12.8 Å². The number of nitrogens with two attached hydrogens (primary N) is 1. The van der Waals surface area contributed by atoms with E-state index in [0.29, 0.717) is 19.5 Å². The van der Waals surface area contributed by atoms with Crippen molar-refractivity contribution in [2.45, 2.75) is 25.0 Å². The van der Waals surface area contributed by atoms with Crippen molar-refractivity contribution in [3.8, 4) is 0 Å². The number of nitrogens with one attached hydrogen (secondary N) is 1. The maximum atomic E-state index is 11.1. The van der Waals surface area contributed by atoms with Crippen molar-refractivity contribution in [1.29, 1.82) is 0 Å². The smallest absolute Gasteiger partial charge is 0.233 e. The number of β-amino-alcohol motifs (C(OH)–C–C–N with tert-alkyl or cyclic N) is 1. The zero-order chi connectivity index (χ0) is 10.6. The van der Waals surface area contributed by atoms with Crippen molar-refractivity contribution in [1.82, 2.24) is 10.2 Å². The number of likely N-dealkylation sites (tertiary alicyclic amines) is 1. The highest BCUT2D eigenvalue weighted by Crippen LogP contribution is 2.09. The zero-order valence-corrected chi connectivity index (χ0v) is 11.0. The number of hydrogen-bond donors (Lipinski definition) is 3. The average Bonchev–Trinajstić information content (AvgIpc) is 2.27. The van der Waals surface area contributed by atoms with E-state index < -0.39 is 6.10 Å². The molecule has 1 aliphatic rings. The molecule has 0 aromatic heterocycles. The van der Waals surface area contributed by atoms with Crippen LogP contribution in [0.2, 0.25) is 0 Å². The summed E-state index contributed by atoms with van der Waals surface area (Å²) < 4.78 is 0. The molecule has 1 amide bonds. The van der Waals surface area contributed by atoms with E-state index >= 15 is 0 Å². The van der Waals surface area contributed by atoms with Crippen LogP contribution < -0.4 is 11.1 Å². The van der Waals surface area contributed by atoms with Gasteiger partial charge in [-0.15, -0.1) is 24.8 Å². The monoisotopic (exact) mass is 273 g/mol. The topological polar surface area (TPSA) is 78.6 Å². The van der Waals surface area contributed by atoms with E-state index in [4.69, 9.17) is 5.73 Å². The molecule has 7 heteroatoms. The third kappa shape index (κ3) is 6.50. The van der Waals surface area contributed by atoms with Gasteiger partial charge in [0.15, 0.2) is 0 Å². The first-order valence-electron chi connectivity index (χ1n) is 4.98. The maximum Gasteiger partial charge on any atom is 0.233 e. The summed E-state index contributed by atoms with van der Waals surface area (Å²) in [6.45, 7) is 1.67. The first-order valence-corrected chi connectivity index (χ1v) is 4.98. The summed E-state index contributed by atoms with van der Waals surface area (Å²) in [5.41, 5.74) is 5.76. The summed E-state index contributed by atoms with van der Waals surface area (Å²) in [6.07, 6.45) is 1.07. The maximum absolute atomic E-state index is 11.1. The number of rotatable bonds is 2. The molecule has 98 valence electrons. The second-order valence-electron chi connectivity index (χ2n) is 3.85. The molecule has 0 spiro atoms. The summed E-state index contributed by atoms with van der Waals surface area (Å²) in [7, 11) is 1.61. The molecule has 0 aliphatic carbocycles. The van der Waals surface area contributed by atoms with Crippen LogP contribution in [0.5, 0.6) is 0 Å². The summed E-state index contributed by atoms with van der Waals surface area (Å²) in [5, 5.41) is 12.1. The van der Waals surface area contributed by atoms with Crippen LogP contribution in [0.1, 0.15) is 12.8 Å². The molecule has 0 aromatic rings. The minimum atomic E-state index is -0.405. The fraction of sp³-hybridized carbons (Fsp3) is 0.889. The molecule has 1 heterocycles. The Hall–Kier alpha value is -0.0700. The minimum absolute atomic E-state index is 0. The van der Waals surface area contributed by atoms with E-state index in [9.17, 15) is 9.90 Å². The average molecular weight is 274 g/mol. The Morgan fingerprint density at radius 1 is 1.56 bits per heavy atom. The second kappa shape index (κ2) is 9.01. The molecule has 1 saturated heterocycles. The minimum Gasteiger partial charge on any atom is -0.392 e. The van der Waals surface area contributed by atoms with Crippen LogP contribution in [-0.2, 0) is 4.79 Å². The Kier molecular flexibility index (Phi) is 10.3. The largest absolute Gasteiger partial charge is 0.392 e. The van der Waals surface area contributed by atoms with Gasteiger partial charge in [-0.2, -0.15) is 0 Å². The van der Waals surface area contributed by atoms with Crippen molar-refractivity contribution in [3.63, 3.8) is 0 Å². The molecular formula is C9H21Cl2N3O2. The number of hydrogen-bond acceptors (Lipinski definition) is 4. The normalized spacial score (nSPS) is 25.9. The van der Waals surface area contributed by atoms with Crippen LogP contribution in [0.4, 0.5) is 0 Å². The Morgan fingerprint density at radius 3 is 2.75 bits per heavy atom. The summed E-state index contributed by atoms with van der Waals surface area (Å²) in [6, 6.07) is 0.0553. The van der Waals surface area contributed by atoms with Gasteiger partial charge in [0.2, 0.25) is 5.91 Å². The van der Waals surface area contributed by atoms with Crippen LogP contribution in [-0.4, -0.2) is 54.7 Å². The highest BCUT2D eigenvalue weighted by Gasteiger charge is 2.21. The van der Waals surface area contributed by atoms with E-state index in [-0.39, 0.29) is 36.8 Å². The van der Waals surface area contributed by atoms with Gasteiger partial charge in [-0.3, -0.25) is 9.69 Å². The first-order chi connectivity index (χ1) is 6.61. The molecule has 1 rings (SSSR count). The van der Waals surface area contributed by atoms with Crippen LogP contribution in [0.3, 0.4) is 0 Å². The lowest BCUT2D eigenvalue weighted by atomic mass is 10.1. The molecule has 0 saturated carbocycles. The number of carbonyl (C=O) groups excluding carboxylic acids is 1. The Morgan fingerprint density at radius 2 is 2.19 bits per heavy atom. The standard InChI is InChI=1S/C9H19N3O2.2ClH/c1-11-9(14)6-12-3-2-7(10)4-8(13)5-12;;/h7-8,13H,2-6,10H2,1H3,(H,11,14);2*1H/t7-,8-;;/m0../s1. The molecule has 0 unspecified atom stereocenters. The molecule has 0 bridgehead atoms. The van der Waals surface area contributed by atoms with Gasteiger partial charge in [0.1, 0.15) is 0 Å². The number of nitrogens with zero attached hydrogens (tertiary/aromatic N) is 1. The summed E-state index contributed by atoms with van der Waals surface area (Å²) in [5.74, 6) is -0.0207. The molecule has 1 fully saturated rings. The number of likely N-dealkylation sites (N-methyl/N-ethyl adjacent to an activating group) is 1. The van der Waals surface area contributed by atoms with Gasteiger partial charge in [0, 0.05) is 26.2 Å². The molecule has 2 atom stereocenters. The molecule has 0 radical (unpaired) electrons. The van der Waals surface area contributed by atoms with Crippen molar-refractivity contribution in [2.24, 2.45) is 5.73 Å². The van der Waals surface area contributed by atoms with E-state index in [1.165, 1.54) is 0 Å².